The van der Waals surface area contributed by atoms with Crippen LogP contribution >= 0.6 is 0 Å². The number of unbranched alkanes of at least 4 members (excludes halogenated alkanes) is 1. The largest absolute Gasteiger partial charge is 0.396 e. The van der Waals surface area contributed by atoms with Gasteiger partial charge in [-0.15, -0.1) is 0 Å². The molecule has 7 heteroatoms. The highest BCUT2D eigenvalue weighted by Gasteiger charge is 2.30. The molecular weight excluding hydrogens is 266 g/mol. The fourth-order valence-electron chi connectivity index (χ4n) is 1.67. The molecule has 0 saturated heterocycles. The highest BCUT2D eigenvalue weighted by molar-refractivity contribution is 4.78. The Morgan fingerprint density at radius 3 is 2.10 bits per heavy atom. The van der Waals surface area contributed by atoms with Gasteiger partial charge in [-0.3, -0.25) is 15.3 Å². The molecule has 0 aliphatic rings. The molecule has 1 atom stereocenters. The van der Waals surface area contributed by atoms with E-state index in [0.717, 1.165) is 19.3 Å². The Labute approximate surface area is 120 Å². The van der Waals surface area contributed by atoms with Crippen LogP contribution in [0.2, 0.25) is 0 Å². The summed E-state index contributed by atoms with van der Waals surface area (Å²) in [7, 11) is 0. The topological polar surface area (TPSA) is 103 Å². The van der Waals surface area contributed by atoms with E-state index >= 15 is 0 Å². The Morgan fingerprint density at radius 1 is 1.05 bits per heavy atom. The highest BCUT2D eigenvalue weighted by Crippen LogP contribution is 2.23. The van der Waals surface area contributed by atoms with Crippen molar-refractivity contribution in [2.75, 3.05) is 19.8 Å². The van der Waals surface area contributed by atoms with Gasteiger partial charge >= 0.3 is 0 Å². The minimum atomic E-state index is -1.07. The van der Waals surface area contributed by atoms with Crippen LogP contribution in [0, 0.1) is 5.92 Å². The summed E-state index contributed by atoms with van der Waals surface area (Å²) in [6, 6.07) is 0. The van der Waals surface area contributed by atoms with Gasteiger partial charge in [0, 0.05) is 12.5 Å². The number of aliphatic hydroxyl groups is 2. The summed E-state index contributed by atoms with van der Waals surface area (Å²) >= 11 is 0. The average molecular weight is 295 g/mol. The third-order valence-corrected chi connectivity index (χ3v) is 3.25. The quantitative estimate of drug-likeness (QED) is 0.337. The van der Waals surface area contributed by atoms with E-state index in [0.29, 0.717) is 0 Å². The van der Waals surface area contributed by atoms with E-state index in [1.54, 1.807) is 13.8 Å². The van der Waals surface area contributed by atoms with Crippen molar-refractivity contribution in [2.45, 2.75) is 58.2 Å². The van der Waals surface area contributed by atoms with E-state index in [1.165, 1.54) is 0 Å². The van der Waals surface area contributed by atoms with E-state index in [9.17, 15) is 5.11 Å². The van der Waals surface area contributed by atoms with Crippen molar-refractivity contribution >= 4 is 0 Å². The van der Waals surface area contributed by atoms with E-state index in [4.69, 9.17) is 20.3 Å². The van der Waals surface area contributed by atoms with Crippen molar-refractivity contribution in [1.29, 1.82) is 0 Å². The third-order valence-electron chi connectivity index (χ3n) is 3.25. The van der Waals surface area contributed by atoms with Gasteiger partial charge in [0.05, 0.1) is 29.8 Å². The van der Waals surface area contributed by atoms with E-state index < -0.39 is 11.5 Å². The van der Waals surface area contributed by atoms with Gasteiger partial charge in [-0.25, -0.2) is 0 Å². The van der Waals surface area contributed by atoms with Gasteiger partial charge in [0.25, 0.3) is 0 Å². The van der Waals surface area contributed by atoms with E-state index in [2.05, 4.69) is 4.84 Å². The Balaban J connectivity index is 4.30. The molecule has 1 unspecified atom stereocenters. The van der Waals surface area contributed by atoms with Crippen LogP contribution in [0.4, 0.5) is 0 Å². The summed E-state index contributed by atoms with van der Waals surface area (Å²) in [5.74, 6) is -0.415. The second-order valence-electron chi connectivity index (χ2n) is 6.15. The molecule has 0 fully saturated rings. The van der Waals surface area contributed by atoms with Gasteiger partial charge in [-0.2, -0.15) is 0 Å². The fraction of sp³-hybridized carbons (Fsp3) is 1.00. The molecule has 0 rings (SSSR count). The molecule has 122 valence electrons. The third kappa shape index (κ3) is 9.60. The Bertz CT molecular complexity index is 252. The minimum Gasteiger partial charge on any atom is -0.396 e. The van der Waals surface area contributed by atoms with Crippen molar-refractivity contribution < 1.29 is 30.2 Å². The normalized spacial score (nSPS) is 14.8. The number of rotatable bonds is 11. The predicted octanol–water partition coefficient (Wildman–Crippen LogP) is 1.34. The van der Waals surface area contributed by atoms with Gasteiger partial charge in [0.2, 0.25) is 0 Å². The predicted molar refractivity (Wildman–Crippen MR) is 72.1 cm³/mol. The van der Waals surface area contributed by atoms with Crippen LogP contribution in [0.5, 0.6) is 0 Å². The molecule has 20 heavy (non-hydrogen) atoms. The summed E-state index contributed by atoms with van der Waals surface area (Å²) < 4.78 is 5.79. The molecule has 0 aromatic heterocycles. The zero-order chi connectivity index (χ0) is 15.8. The fourth-order valence-corrected chi connectivity index (χ4v) is 1.67. The highest BCUT2D eigenvalue weighted by atomic mass is 17.1. The SMILES string of the molecule is CC(C)(CCCCO)OCC(CON(O)O)C(C)(C)O. The Morgan fingerprint density at radius 2 is 1.65 bits per heavy atom. The van der Waals surface area contributed by atoms with Crippen molar-refractivity contribution in [3.63, 3.8) is 0 Å². The van der Waals surface area contributed by atoms with Crippen LogP contribution in [0.15, 0.2) is 0 Å². The second kappa shape index (κ2) is 8.89. The Hall–Kier alpha value is -0.280. The number of hydrogen-bond acceptors (Lipinski definition) is 7. The molecule has 0 heterocycles. The molecule has 4 N–H and O–H groups in total. The van der Waals surface area contributed by atoms with Crippen LogP contribution in [-0.4, -0.2) is 57.0 Å². The molecule has 0 spiro atoms. The van der Waals surface area contributed by atoms with Crippen LogP contribution in [0.3, 0.4) is 0 Å². The van der Waals surface area contributed by atoms with Crippen LogP contribution in [0.25, 0.3) is 0 Å². The maximum Gasteiger partial charge on any atom is 0.0813 e. The minimum absolute atomic E-state index is 0.0801. The number of aliphatic hydroxyl groups excluding tert-OH is 1. The average Bonchev–Trinajstić information content (AvgIpc) is 2.26. The van der Waals surface area contributed by atoms with E-state index in [1.807, 2.05) is 13.8 Å². The number of hydrogen-bond donors (Lipinski definition) is 4. The van der Waals surface area contributed by atoms with Crippen molar-refractivity contribution in [2.24, 2.45) is 5.92 Å². The van der Waals surface area contributed by atoms with Gasteiger partial charge < -0.3 is 14.9 Å². The molecule has 0 saturated carbocycles. The summed E-state index contributed by atoms with van der Waals surface area (Å²) in [5.41, 5.74) is -1.45. The molecule has 7 nitrogen and oxygen atoms in total. The summed E-state index contributed by atoms with van der Waals surface area (Å²) in [6.45, 7) is 7.42. The van der Waals surface area contributed by atoms with Crippen molar-refractivity contribution in [3.05, 3.63) is 0 Å². The number of nitrogens with zero attached hydrogens (tertiary/aromatic N) is 1. The number of ether oxygens (including phenoxy) is 1. The first kappa shape index (κ1) is 19.7. The molecule has 0 aromatic carbocycles. The molecule has 0 radical (unpaired) electrons. The maximum absolute atomic E-state index is 10.0. The van der Waals surface area contributed by atoms with Gasteiger partial charge in [0.15, 0.2) is 0 Å². The van der Waals surface area contributed by atoms with Crippen molar-refractivity contribution in [3.8, 4) is 0 Å². The summed E-state index contributed by atoms with van der Waals surface area (Å²) in [4.78, 5) is 4.57. The molecule has 0 bridgehead atoms. The van der Waals surface area contributed by atoms with Gasteiger partial charge in [-0.05, 0) is 47.0 Å². The first-order valence-corrected chi connectivity index (χ1v) is 6.86. The summed E-state index contributed by atoms with van der Waals surface area (Å²) in [5, 5.41) is 35.5. The van der Waals surface area contributed by atoms with Crippen LogP contribution < -0.4 is 0 Å². The zero-order valence-electron chi connectivity index (χ0n) is 12.9. The van der Waals surface area contributed by atoms with Crippen LogP contribution in [0.1, 0.15) is 47.0 Å². The molecular formula is C13H29NO6. The van der Waals surface area contributed by atoms with E-state index in [-0.39, 0.29) is 30.8 Å². The first-order valence-electron chi connectivity index (χ1n) is 6.86. The first-order chi connectivity index (χ1) is 9.08. The molecule has 0 aromatic rings. The van der Waals surface area contributed by atoms with Crippen molar-refractivity contribution in [1.82, 2.24) is 5.39 Å². The zero-order valence-corrected chi connectivity index (χ0v) is 12.9. The smallest absolute Gasteiger partial charge is 0.0813 e. The summed E-state index contributed by atoms with van der Waals surface area (Å²) in [6.07, 6.45) is 2.38. The molecule has 0 amide bonds. The Kier molecular flexibility index (Phi) is 8.76. The molecule has 0 aliphatic carbocycles. The van der Waals surface area contributed by atoms with Gasteiger partial charge in [0.1, 0.15) is 0 Å². The standard InChI is InChI=1S/C13H29NO6/c1-12(2,7-5-6-8-15)19-9-11(13(3,4)16)10-20-14(17)18/h11,15-18H,5-10H2,1-4H3. The van der Waals surface area contributed by atoms with Gasteiger partial charge in [-0.1, -0.05) is 0 Å². The second-order valence-corrected chi connectivity index (χ2v) is 6.15. The maximum atomic E-state index is 10.0. The lowest BCUT2D eigenvalue weighted by atomic mass is 9.92. The molecule has 0 aliphatic heterocycles. The lowest BCUT2D eigenvalue weighted by Gasteiger charge is -2.33. The lowest BCUT2D eigenvalue weighted by molar-refractivity contribution is -0.496. The lowest BCUT2D eigenvalue weighted by Crippen LogP contribution is -2.41. The van der Waals surface area contributed by atoms with Crippen LogP contribution in [-0.2, 0) is 9.57 Å². The monoisotopic (exact) mass is 295 g/mol.